The smallest absolute Gasteiger partial charge is 0.241 e. The second-order valence-corrected chi connectivity index (χ2v) is 6.30. The molecule has 7 nitrogen and oxygen atoms in total. The minimum atomic E-state index is 0.594. The first-order valence-electron chi connectivity index (χ1n) is 7.86. The highest BCUT2D eigenvalue weighted by Gasteiger charge is 2.23. The number of hydrogen-bond donors (Lipinski definition) is 0. The van der Waals surface area contributed by atoms with Gasteiger partial charge in [-0.25, -0.2) is 9.97 Å². The van der Waals surface area contributed by atoms with Crippen LogP contribution in [-0.2, 0) is 19.5 Å². The van der Waals surface area contributed by atoms with Gasteiger partial charge < -0.3 is 9.26 Å². The summed E-state index contributed by atoms with van der Waals surface area (Å²) >= 11 is 1.62. The highest BCUT2D eigenvalue weighted by Crippen LogP contribution is 2.26. The molecule has 0 fully saturated rings. The molecule has 1 aliphatic heterocycles. The molecule has 0 unspecified atom stereocenters. The Morgan fingerprint density at radius 1 is 1.38 bits per heavy atom. The van der Waals surface area contributed by atoms with Gasteiger partial charge in [0.1, 0.15) is 6.33 Å². The summed E-state index contributed by atoms with van der Waals surface area (Å²) in [6.45, 7) is 4.78. The maximum Gasteiger partial charge on any atom is 0.241 e. The van der Waals surface area contributed by atoms with E-state index in [4.69, 9.17) is 9.26 Å². The Morgan fingerprint density at radius 2 is 2.33 bits per heavy atom. The number of nitrogens with zero attached hydrogens (tertiary/aromatic N) is 5. The highest BCUT2D eigenvalue weighted by atomic mass is 32.1. The van der Waals surface area contributed by atoms with Crippen molar-refractivity contribution < 1.29 is 9.26 Å². The van der Waals surface area contributed by atoms with Crippen LogP contribution in [0, 0.1) is 0 Å². The Bertz CT molecular complexity index is 818. The summed E-state index contributed by atoms with van der Waals surface area (Å²) in [5.74, 6) is 1.94. The van der Waals surface area contributed by atoms with Gasteiger partial charge in [0.05, 0.1) is 18.8 Å². The quantitative estimate of drug-likeness (QED) is 0.704. The summed E-state index contributed by atoms with van der Waals surface area (Å²) in [6, 6.07) is 1.99. The van der Waals surface area contributed by atoms with E-state index in [2.05, 4.69) is 25.0 Å². The van der Waals surface area contributed by atoms with Gasteiger partial charge in [-0.2, -0.15) is 16.3 Å². The van der Waals surface area contributed by atoms with E-state index in [0.717, 1.165) is 36.3 Å². The van der Waals surface area contributed by atoms with E-state index in [1.165, 1.54) is 0 Å². The van der Waals surface area contributed by atoms with Crippen molar-refractivity contribution in [2.45, 2.75) is 26.4 Å². The van der Waals surface area contributed by atoms with E-state index in [1.54, 1.807) is 17.7 Å². The molecule has 3 aromatic heterocycles. The normalized spacial score (nSPS) is 14.5. The number of hydrogen-bond acceptors (Lipinski definition) is 8. The molecule has 0 atom stereocenters. The van der Waals surface area contributed by atoms with Crippen LogP contribution < -0.4 is 4.74 Å². The molecular weight excluding hydrogens is 326 g/mol. The van der Waals surface area contributed by atoms with E-state index in [0.29, 0.717) is 30.7 Å². The number of rotatable bonds is 5. The lowest BCUT2D eigenvalue weighted by Gasteiger charge is -2.27. The van der Waals surface area contributed by atoms with Crippen LogP contribution in [0.25, 0.3) is 11.4 Å². The summed E-state index contributed by atoms with van der Waals surface area (Å²) < 4.78 is 11.0. The summed E-state index contributed by atoms with van der Waals surface area (Å²) in [6.07, 6.45) is 2.44. The van der Waals surface area contributed by atoms with Gasteiger partial charge in [0.15, 0.2) is 0 Å². The Labute approximate surface area is 143 Å². The minimum absolute atomic E-state index is 0.594. The summed E-state index contributed by atoms with van der Waals surface area (Å²) in [7, 11) is 0. The lowest BCUT2D eigenvalue weighted by molar-refractivity contribution is 0.202. The lowest BCUT2D eigenvalue weighted by atomic mass is 10.1. The molecule has 1 aliphatic rings. The maximum absolute atomic E-state index is 5.63. The van der Waals surface area contributed by atoms with Crippen molar-refractivity contribution in [3.63, 3.8) is 0 Å². The second-order valence-electron chi connectivity index (χ2n) is 5.52. The van der Waals surface area contributed by atoms with Crippen molar-refractivity contribution >= 4 is 11.3 Å². The van der Waals surface area contributed by atoms with E-state index >= 15 is 0 Å². The molecule has 0 bridgehead atoms. The van der Waals surface area contributed by atoms with Crippen molar-refractivity contribution in [2.24, 2.45) is 0 Å². The minimum Gasteiger partial charge on any atom is -0.478 e. The van der Waals surface area contributed by atoms with Crippen LogP contribution in [0.1, 0.15) is 24.1 Å². The van der Waals surface area contributed by atoms with Crippen LogP contribution in [0.3, 0.4) is 0 Å². The second kappa shape index (κ2) is 6.66. The van der Waals surface area contributed by atoms with Crippen molar-refractivity contribution in [1.82, 2.24) is 25.0 Å². The molecule has 0 N–H and O–H groups in total. The lowest BCUT2D eigenvalue weighted by Crippen LogP contribution is -2.31. The van der Waals surface area contributed by atoms with Gasteiger partial charge in [0.2, 0.25) is 17.6 Å². The Hall–Kier alpha value is -2.32. The van der Waals surface area contributed by atoms with Crippen molar-refractivity contribution in [1.29, 1.82) is 0 Å². The monoisotopic (exact) mass is 343 g/mol. The molecule has 24 heavy (non-hydrogen) atoms. The molecule has 4 rings (SSSR count). The van der Waals surface area contributed by atoms with Crippen molar-refractivity contribution in [2.75, 3.05) is 13.2 Å². The summed E-state index contributed by atoms with van der Waals surface area (Å²) in [5, 5.41) is 8.07. The zero-order valence-corrected chi connectivity index (χ0v) is 14.1. The van der Waals surface area contributed by atoms with Gasteiger partial charge in [-0.05, 0) is 18.4 Å². The fourth-order valence-corrected chi connectivity index (χ4v) is 3.42. The Balaban J connectivity index is 1.49. The largest absolute Gasteiger partial charge is 0.478 e. The number of fused-ring (bicyclic) bond motifs is 1. The van der Waals surface area contributed by atoms with Crippen LogP contribution in [0.15, 0.2) is 27.7 Å². The van der Waals surface area contributed by atoms with Crippen LogP contribution in [0.2, 0.25) is 0 Å². The molecular formula is C16H17N5O2S. The number of ether oxygens (including phenoxy) is 1. The SMILES string of the molecule is CCOc1ncnc2c1CN(Cc1nc(-c3ccsc3)no1)CC2. The standard InChI is InChI=1S/C16H17N5O2S/c1-2-22-16-12-7-21(5-3-13(12)17-10-18-16)8-14-19-15(20-23-14)11-4-6-24-9-11/h4,6,9-10H,2-3,5,7-8H2,1H3. The van der Waals surface area contributed by atoms with E-state index in [-0.39, 0.29) is 0 Å². The van der Waals surface area contributed by atoms with Gasteiger partial charge in [0, 0.05) is 36.0 Å². The Morgan fingerprint density at radius 3 is 3.17 bits per heavy atom. The average Bonchev–Trinajstić information content (AvgIpc) is 3.27. The third-order valence-corrected chi connectivity index (χ3v) is 4.61. The predicted octanol–water partition coefficient (Wildman–Crippen LogP) is 2.55. The third kappa shape index (κ3) is 3.02. The average molecular weight is 343 g/mol. The van der Waals surface area contributed by atoms with Gasteiger partial charge in [-0.3, -0.25) is 4.90 Å². The van der Waals surface area contributed by atoms with Gasteiger partial charge >= 0.3 is 0 Å². The molecule has 0 spiro atoms. The van der Waals surface area contributed by atoms with Crippen molar-refractivity contribution in [3.8, 4) is 17.3 Å². The van der Waals surface area contributed by atoms with Gasteiger partial charge in [-0.1, -0.05) is 5.16 Å². The molecule has 8 heteroatoms. The van der Waals surface area contributed by atoms with Crippen LogP contribution in [0.5, 0.6) is 5.88 Å². The van der Waals surface area contributed by atoms with Crippen LogP contribution in [0.4, 0.5) is 0 Å². The molecule has 124 valence electrons. The maximum atomic E-state index is 5.63. The molecule has 0 aliphatic carbocycles. The molecule has 0 saturated heterocycles. The molecule has 0 saturated carbocycles. The summed E-state index contributed by atoms with van der Waals surface area (Å²) in [4.78, 5) is 15.4. The zero-order chi connectivity index (χ0) is 16.4. The fraction of sp³-hybridized carbons (Fsp3) is 0.375. The van der Waals surface area contributed by atoms with Gasteiger partial charge in [0.25, 0.3) is 0 Å². The number of aromatic nitrogens is 4. The fourth-order valence-electron chi connectivity index (χ4n) is 2.79. The molecule has 0 radical (unpaired) electrons. The first-order valence-corrected chi connectivity index (χ1v) is 8.81. The molecule has 3 aromatic rings. The van der Waals surface area contributed by atoms with Crippen LogP contribution in [-0.4, -0.2) is 38.2 Å². The first-order chi connectivity index (χ1) is 11.8. The van der Waals surface area contributed by atoms with Gasteiger partial charge in [-0.15, -0.1) is 0 Å². The first kappa shape index (κ1) is 15.2. The van der Waals surface area contributed by atoms with Crippen molar-refractivity contribution in [3.05, 3.63) is 40.3 Å². The Kier molecular flexibility index (Phi) is 4.22. The van der Waals surface area contributed by atoms with E-state index in [1.807, 2.05) is 23.8 Å². The molecule has 4 heterocycles. The third-order valence-electron chi connectivity index (χ3n) is 3.93. The predicted molar refractivity (Wildman–Crippen MR) is 88.6 cm³/mol. The van der Waals surface area contributed by atoms with E-state index < -0.39 is 0 Å². The topological polar surface area (TPSA) is 77.2 Å². The molecule has 0 aromatic carbocycles. The highest BCUT2D eigenvalue weighted by molar-refractivity contribution is 7.08. The molecule has 0 amide bonds. The van der Waals surface area contributed by atoms with Crippen LogP contribution >= 0.6 is 11.3 Å². The number of thiophene rings is 1. The zero-order valence-electron chi connectivity index (χ0n) is 13.3. The summed E-state index contributed by atoms with van der Waals surface area (Å²) in [5.41, 5.74) is 3.11. The van der Waals surface area contributed by atoms with E-state index in [9.17, 15) is 0 Å².